The number of aliphatic carboxylic acids is 1. The van der Waals surface area contributed by atoms with Crippen molar-refractivity contribution in [2.75, 3.05) is 5.75 Å². The van der Waals surface area contributed by atoms with Crippen molar-refractivity contribution in [2.45, 2.75) is 17.4 Å². The van der Waals surface area contributed by atoms with Crippen molar-refractivity contribution in [3.63, 3.8) is 0 Å². The summed E-state index contributed by atoms with van der Waals surface area (Å²) >= 11 is 0. The summed E-state index contributed by atoms with van der Waals surface area (Å²) in [4.78, 5) is 23.9. The van der Waals surface area contributed by atoms with Crippen molar-refractivity contribution >= 4 is 22.7 Å². The van der Waals surface area contributed by atoms with Crippen LogP contribution in [0.5, 0.6) is 0 Å². The van der Waals surface area contributed by atoms with Crippen molar-refractivity contribution in [3.05, 3.63) is 66.0 Å². The van der Waals surface area contributed by atoms with Crippen LogP contribution in [0.15, 0.2) is 59.5 Å². The number of carboxylic acids is 1. The summed E-state index contributed by atoms with van der Waals surface area (Å²) in [6.07, 6.45) is 0.0176. The molecule has 0 heterocycles. The second-order valence-corrected chi connectivity index (χ2v) is 6.59. The van der Waals surface area contributed by atoms with Gasteiger partial charge in [0.1, 0.15) is 11.9 Å². The van der Waals surface area contributed by atoms with Crippen molar-refractivity contribution in [2.24, 2.45) is 0 Å². The minimum absolute atomic E-state index is 0.0176. The molecular formula is C17H16FNO4S. The Bertz CT molecular complexity index is 734. The fourth-order valence-corrected chi connectivity index (χ4v) is 3.16. The van der Waals surface area contributed by atoms with Gasteiger partial charge in [-0.15, -0.1) is 0 Å². The molecule has 0 aliphatic rings. The van der Waals surface area contributed by atoms with E-state index in [1.807, 2.05) is 0 Å². The number of hydrogen-bond acceptors (Lipinski definition) is 3. The van der Waals surface area contributed by atoms with Gasteiger partial charge in [0.05, 0.1) is 10.8 Å². The third kappa shape index (κ3) is 4.99. The molecule has 2 rings (SSSR count). The average Bonchev–Trinajstić information content (AvgIpc) is 2.59. The highest BCUT2D eigenvalue weighted by Crippen LogP contribution is 2.09. The molecule has 1 amide bonds. The van der Waals surface area contributed by atoms with E-state index in [2.05, 4.69) is 5.32 Å². The summed E-state index contributed by atoms with van der Waals surface area (Å²) in [6.45, 7) is 0. The van der Waals surface area contributed by atoms with Gasteiger partial charge in [-0.1, -0.05) is 18.2 Å². The smallest absolute Gasteiger partial charge is 0.326 e. The van der Waals surface area contributed by atoms with Crippen LogP contribution in [0.1, 0.15) is 16.8 Å². The summed E-state index contributed by atoms with van der Waals surface area (Å²) in [6, 6.07) is 12.3. The molecule has 2 N–H and O–H groups in total. The Morgan fingerprint density at radius 2 is 1.71 bits per heavy atom. The molecule has 5 nitrogen and oxygen atoms in total. The number of benzene rings is 2. The molecule has 0 spiro atoms. The van der Waals surface area contributed by atoms with E-state index >= 15 is 0 Å². The summed E-state index contributed by atoms with van der Waals surface area (Å²) in [7, 11) is -1.35. The van der Waals surface area contributed by atoms with Crippen LogP contribution in [-0.4, -0.2) is 33.0 Å². The number of carbonyl (C=O) groups is 2. The van der Waals surface area contributed by atoms with Crippen LogP contribution < -0.4 is 5.32 Å². The normalized spacial score (nSPS) is 13.0. The Kier molecular flexibility index (Phi) is 6.20. The van der Waals surface area contributed by atoms with Crippen LogP contribution in [0.2, 0.25) is 0 Å². The van der Waals surface area contributed by atoms with Gasteiger partial charge in [-0.2, -0.15) is 0 Å². The largest absolute Gasteiger partial charge is 0.480 e. The molecule has 7 heteroatoms. The van der Waals surface area contributed by atoms with Crippen LogP contribution in [0.25, 0.3) is 0 Å². The predicted molar refractivity (Wildman–Crippen MR) is 87.6 cm³/mol. The fraction of sp³-hybridized carbons (Fsp3) is 0.176. The van der Waals surface area contributed by atoms with Crippen LogP contribution in [0.4, 0.5) is 4.39 Å². The van der Waals surface area contributed by atoms with Crippen molar-refractivity contribution < 1.29 is 23.3 Å². The van der Waals surface area contributed by atoms with E-state index in [9.17, 15) is 23.3 Å². The number of carboxylic acid groups (broad SMARTS) is 1. The monoisotopic (exact) mass is 349 g/mol. The van der Waals surface area contributed by atoms with E-state index < -0.39 is 34.5 Å². The number of hydrogen-bond donors (Lipinski definition) is 2. The topological polar surface area (TPSA) is 83.5 Å². The summed E-state index contributed by atoms with van der Waals surface area (Å²) in [5.74, 6) is -2.21. The highest BCUT2D eigenvalue weighted by Gasteiger charge is 2.21. The molecule has 0 unspecified atom stereocenters. The summed E-state index contributed by atoms with van der Waals surface area (Å²) < 4.78 is 25.0. The lowest BCUT2D eigenvalue weighted by Crippen LogP contribution is -2.41. The second-order valence-electron chi connectivity index (χ2n) is 5.02. The summed E-state index contributed by atoms with van der Waals surface area (Å²) in [5, 5.41) is 11.6. The van der Waals surface area contributed by atoms with Crippen molar-refractivity contribution in [1.29, 1.82) is 0 Å². The van der Waals surface area contributed by atoms with Crippen LogP contribution in [0.3, 0.4) is 0 Å². The first-order chi connectivity index (χ1) is 11.5. The number of nitrogens with one attached hydrogen (secondary N) is 1. The lowest BCUT2D eigenvalue weighted by molar-refractivity contribution is -0.139. The minimum atomic E-state index is -1.35. The first-order valence-electron chi connectivity index (χ1n) is 7.20. The van der Waals surface area contributed by atoms with Gasteiger partial charge < -0.3 is 10.4 Å². The number of amides is 1. The minimum Gasteiger partial charge on any atom is -0.480 e. The highest BCUT2D eigenvalue weighted by molar-refractivity contribution is 7.85. The molecule has 2 aromatic rings. The third-order valence-corrected chi connectivity index (χ3v) is 4.71. The highest BCUT2D eigenvalue weighted by atomic mass is 32.2. The number of rotatable bonds is 7. The molecule has 0 aliphatic heterocycles. The Labute approximate surface area is 141 Å². The quantitative estimate of drug-likeness (QED) is 0.803. The molecule has 0 aromatic heterocycles. The molecule has 0 saturated carbocycles. The van der Waals surface area contributed by atoms with E-state index in [1.54, 1.807) is 30.3 Å². The molecule has 126 valence electrons. The second kappa shape index (κ2) is 8.35. The maximum atomic E-state index is 12.9. The maximum absolute atomic E-state index is 12.9. The molecule has 0 radical (unpaired) electrons. The zero-order valence-corrected chi connectivity index (χ0v) is 13.5. The lowest BCUT2D eigenvalue weighted by Gasteiger charge is -2.14. The van der Waals surface area contributed by atoms with Gasteiger partial charge in [-0.05, 0) is 42.8 Å². The van der Waals surface area contributed by atoms with Crippen molar-refractivity contribution in [1.82, 2.24) is 5.32 Å². The average molecular weight is 349 g/mol. The SMILES string of the molecule is O=C(N[C@H](CC[S@@](=O)c1ccccc1)C(=O)O)c1ccc(F)cc1. The van der Waals surface area contributed by atoms with E-state index in [-0.39, 0.29) is 17.7 Å². The standard InChI is InChI=1S/C17H16FNO4S/c18-13-8-6-12(7-9-13)16(20)19-15(17(21)22)10-11-24(23)14-4-2-1-3-5-14/h1-9,15H,10-11H2,(H,19,20)(H,21,22)/t15-,24-/m1/s1. The van der Waals surface area contributed by atoms with Gasteiger partial charge in [-0.25, -0.2) is 9.18 Å². The van der Waals surface area contributed by atoms with Gasteiger partial charge in [0.2, 0.25) is 0 Å². The van der Waals surface area contributed by atoms with Crippen LogP contribution in [-0.2, 0) is 15.6 Å². The van der Waals surface area contributed by atoms with Crippen LogP contribution in [0, 0.1) is 5.82 Å². The zero-order chi connectivity index (χ0) is 17.5. The Balaban J connectivity index is 1.97. The van der Waals surface area contributed by atoms with E-state index in [1.165, 1.54) is 12.1 Å². The molecule has 2 atom stereocenters. The zero-order valence-electron chi connectivity index (χ0n) is 12.6. The number of halogens is 1. The first kappa shape index (κ1) is 17.8. The van der Waals surface area contributed by atoms with E-state index in [0.717, 1.165) is 12.1 Å². The molecule has 0 saturated heterocycles. The Morgan fingerprint density at radius 1 is 1.08 bits per heavy atom. The molecular weight excluding hydrogens is 333 g/mol. The summed E-state index contributed by atoms with van der Waals surface area (Å²) in [5.41, 5.74) is 0.159. The lowest BCUT2D eigenvalue weighted by atomic mass is 10.1. The fourth-order valence-electron chi connectivity index (χ4n) is 2.02. The molecule has 24 heavy (non-hydrogen) atoms. The third-order valence-electron chi connectivity index (χ3n) is 3.31. The predicted octanol–water partition coefficient (Wildman–Crippen LogP) is 2.21. The van der Waals surface area contributed by atoms with Crippen molar-refractivity contribution in [3.8, 4) is 0 Å². The molecule has 0 fully saturated rings. The molecule has 0 aliphatic carbocycles. The van der Waals surface area contributed by atoms with E-state index in [4.69, 9.17) is 0 Å². The Hall–Kier alpha value is -2.54. The van der Waals surface area contributed by atoms with Gasteiger partial charge >= 0.3 is 5.97 Å². The molecule has 0 bridgehead atoms. The first-order valence-corrected chi connectivity index (χ1v) is 8.52. The van der Waals surface area contributed by atoms with E-state index in [0.29, 0.717) is 4.90 Å². The van der Waals surface area contributed by atoms with Gasteiger partial charge in [0.25, 0.3) is 5.91 Å². The Morgan fingerprint density at radius 3 is 2.29 bits per heavy atom. The number of carbonyl (C=O) groups excluding carboxylic acids is 1. The van der Waals surface area contributed by atoms with Crippen LogP contribution >= 0.6 is 0 Å². The maximum Gasteiger partial charge on any atom is 0.326 e. The molecule has 2 aromatic carbocycles. The van der Waals surface area contributed by atoms with Gasteiger partial charge in [0.15, 0.2) is 0 Å². The van der Waals surface area contributed by atoms with Gasteiger partial charge in [0, 0.05) is 16.2 Å². The van der Waals surface area contributed by atoms with Gasteiger partial charge in [-0.3, -0.25) is 9.00 Å².